The minimum absolute atomic E-state index is 0.391. The van der Waals surface area contributed by atoms with Crippen molar-refractivity contribution in [2.75, 3.05) is 31.1 Å². The van der Waals surface area contributed by atoms with Gasteiger partial charge in [-0.15, -0.1) is 0 Å². The van der Waals surface area contributed by atoms with E-state index in [9.17, 15) is 9.59 Å². The van der Waals surface area contributed by atoms with Crippen LogP contribution in [-0.4, -0.2) is 42.8 Å². The minimum atomic E-state index is -0.402. The summed E-state index contributed by atoms with van der Waals surface area (Å²) in [5.74, 6) is -0.793. The highest BCUT2D eigenvalue weighted by atomic mass is 79.9. The lowest BCUT2D eigenvalue weighted by Gasteiger charge is -2.21. The maximum Gasteiger partial charge on any atom is 0.299 e. The molecule has 0 radical (unpaired) electrons. The zero-order chi connectivity index (χ0) is 13.4. The van der Waals surface area contributed by atoms with Crippen LogP contribution in [0.5, 0.6) is 0 Å². The summed E-state index contributed by atoms with van der Waals surface area (Å²) in [6.45, 7) is 3.61. The highest BCUT2D eigenvalue weighted by Crippen LogP contribution is 2.35. The van der Waals surface area contributed by atoms with Crippen LogP contribution < -0.4 is 4.90 Å². The van der Waals surface area contributed by atoms with E-state index < -0.39 is 11.7 Å². The molecule has 0 aliphatic carbocycles. The first kappa shape index (κ1) is 12.8. The molecule has 0 saturated carbocycles. The second-order valence-electron chi connectivity index (χ2n) is 4.97. The normalized spacial score (nSPS) is 19.3. The zero-order valence-electron chi connectivity index (χ0n) is 10.6. The van der Waals surface area contributed by atoms with Crippen molar-refractivity contribution in [3.63, 3.8) is 0 Å². The fraction of sp³-hybridized carbons (Fsp3) is 0.429. The predicted octanol–water partition coefficient (Wildman–Crippen LogP) is 2.07. The predicted molar refractivity (Wildman–Crippen MR) is 76.5 cm³/mol. The van der Waals surface area contributed by atoms with E-state index in [1.165, 1.54) is 12.8 Å². The Balaban J connectivity index is 1.82. The second kappa shape index (κ2) is 5.06. The van der Waals surface area contributed by atoms with Crippen molar-refractivity contribution in [1.29, 1.82) is 0 Å². The van der Waals surface area contributed by atoms with Crippen LogP contribution in [0, 0.1) is 0 Å². The molecular formula is C14H15BrN2O2. The van der Waals surface area contributed by atoms with Gasteiger partial charge in [0.1, 0.15) is 0 Å². The Morgan fingerprint density at radius 1 is 1.11 bits per heavy atom. The number of anilines is 1. The number of ketones is 1. The molecule has 19 heavy (non-hydrogen) atoms. The molecule has 0 bridgehead atoms. The molecule has 2 aliphatic rings. The molecule has 0 N–H and O–H groups in total. The van der Waals surface area contributed by atoms with E-state index in [1.807, 2.05) is 6.07 Å². The minimum Gasteiger partial charge on any atom is -0.302 e. The Labute approximate surface area is 120 Å². The van der Waals surface area contributed by atoms with Crippen LogP contribution in [-0.2, 0) is 4.79 Å². The van der Waals surface area contributed by atoms with Crippen molar-refractivity contribution in [3.8, 4) is 0 Å². The Hall–Kier alpha value is -1.20. The summed E-state index contributed by atoms with van der Waals surface area (Å²) in [7, 11) is 0. The molecule has 1 aromatic carbocycles. The number of amides is 1. The van der Waals surface area contributed by atoms with E-state index in [0.717, 1.165) is 29.8 Å². The van der Waals surface area contributed by atoms with Gasteiger partial charge >= 0.3 is 0 Å². The monoisotopic (exact) mass is 322 g/mol. The Kier molecular flexibility index (Phi) is 3.41. The molecule has 0 spiro atoms. The molecular weight excluding hydrogens is 308 g/mol. The van der Waals surface area contributed by atoms with Gasteiger partial charge in [0.15, 0.2) is 0 Å². The Morgan fingerprint density at radius 2 is 1.84 bits per heavy atom. The highest BCUT2D eigenvalue weighted by Gasteiger charge is 2.37. The molecule has 1 saturated heterocycles. The summed E-state index contributed by atoms with van der Waals surface area (Å²) >= 11 is 3.44. The molecule has 2 aliphatic heterocycles. The summed E-state index contributed by atoms with van der Waals surface area (Å²) in [5, 5.41) is 0. The smallest absolute Gasteiger partial charge is 0.299 e. The summed E-state index contributed by atoms with van der Waals surface area (Å²) in [6, 6.07) is 5.38. The highest BCUT2D eigenvalue weighted by molar-refractivity contribution is 9.10. The van der Waals surface area contributed by atoms with Gasteiger partial charge in [-0.1, -0.05) is 6.07 Å². The maximum atomic E-state index is 12.1. The molecule has 5 heteroatoms. The number of fused-ring (bicyclic) bond motifs is 1. The Morgan fingerprint density at radius 3 is 2.58 bits per heavy atom. The second-order valence-corrected chi connectivity index (χ2v) is 5.83. The molecule has 100 valence electrons. The van der Waals surface area contributed by atoms with Gasteiger partial charge in [-0.2, -0.15) is 0 Å². The van der Waals surface area contributed by atoms with Crippen molar-refractivity contribution < 1.29 is 9.59 Å². The number of rotatable bonds is 3. The largest absolute Gasteiger partial charge is 0.302 e. The number of nitrogens with zero attached hydrogens (tertiary/aromatic N) is 2. The number of Topliss-reactive ketones (excluding diaryl/α,β-unsaturated/α-hetero) is 1. The molecule has 4 nitrogen and oxygen atoms in total. The summed E-state index contributed by atoms with van der Waals surface area (Å²) in [4.78, 5) is 27.9. The van der Waals surface area contributed by atoms with E-state index in [0.29, 0.717) is 12.1 Å². The molecule has 0 unspecified atom stereocenters. The number of carbonyl (C=O) groups is 2. The first-order valence-corrected chi connectivity index (χ1v) is 7.35. The van der Waals surface area contributed by atoms with Crippen LogP contribution in [0.2, 0.25) is 0 Å². The molecule has 1 amide bonds. The third-order valence-corrected chi connectivity index (χ3v) is 4.42. The van der Waals surface area contributed by atoms with E-state index >= 15 is 0 Å². The van der Waals surface area contributed by atoms with Crippen molar-refractivity contribution in [1.82, 2.24) is 4.90 Å². The average Bonchev–Trinajstić information content (AvgIpc) is 2.99. The van der Waals surface area contributed by atoms with Gasteiger partial charge in [-0.3, -0.25) is 9.59 Å². The topological polar surface area (TPSA) is 40.6 Å². The van der Waals surface area contributed by atoms with Crippen molar-refractivity contribution in [3.05, 3.63) is 28.2 Å². The Bertz CT molecular complexity index is 538. The van der Waals surface area contributed by atoms with Gasteiger partial charge in [0.2, 0.25) is 0 Å². The van der Waals surface area contributed by atoms with Gasteiger partial charge in [0, 0.05) is 17.6 Å². The first-order chi connectivity index (χ1) is 9.18. The van der Waals surface area contributed by atoms with Gasteiger partial charge in [-0.25, -0.2) is 0 Å². The van der Waals surface area contributed by atoms with E-state index in [4.69, 9.17) is 0 Å². The number of hydrogen-bond donors (Lipinski definition) is 0. The van der Waals surface area contributed by atoms with Crippen LogP contribution >= 0.6 is 15.9 Å². The third kappa shape index (κ3) is 2.21. The third-order valence-electron chi connectivity index (χ3n) is 3.78. The number of carbonyl (C=O) groups excluding carboxylic acids is 2. The maximum absolute atomic E-state index is 12.1. The molecule has 0 atom stereocenters. The van der Waals surface area contributed by atoms with Crippen LogP contribution in [0.3, 0.4) is 0 Å². The average molecular weight is 323 g/mol. The lowest BCUT2D eigenvalue weighted by Crippen LogP contribution is -2.37. The summed E-state index contributed by atoms with van der Waals surface area (Å²) in [5.41, 5.74) is 1.25. The van der Waals surface area contributed by atoms with Gasteiger partial charge < -0.3 is 9.80 Å². The van der Waals surface area contributed by atoms with Crippen molar-refractivity contribution in [2.45, 2.75) is 12.8 Å². The molecule has 1 aromatic rings. The van der Waals surface area contributed by atoms with Crippen LogP contribution in [0.1, 0.15) is 23.2 Å². The lowest BCUT2D eigenvalue weighted by molar-refractivity contribution is -0.114. The van der Waals surface area contributed by atoms with Crippen LogP contribution in [0.15, 0.2) is 22.7 Å². The first-order valence-electron chi connectivity index (χ1n) is 6.55. The van der Waals surface area contributed by atoms with Crippen molar-refractivity contribution >= 4 is 33.3 Å². The number of hydrogen-bond acceptors (Lipinski definition) is 3. The summed E-state index contributed by atoms with van der Waals surface area (Å²) < 4.78 is 0.811. The van der Waals surface area contributed by atoms with E-state index in [-0.39, 0.29) is 0 Å². The fourth-order valence-electron chi connectivity index (χ4n) is 2.77. The van der Waals surface area contributed by atoms with Gasteiger partial charge in [0.25, 0.3) is 11.7 Å². The molecule has 1 fully saturated rings. The molecule has 3 rings (SSSR count). The number of benzene rings is 1. The van der Waals surface area contributed by atoms with Crippen molar-refractivity contribution in [2.24, 2.45) is 0 Å². The summed E-state index contributed by atoms with van der Waals surface area (Å²) in [6.07, 6.45) is 2.46. The lowest BCUT2D eigenvalue weighted by atomic mass is 10.1. The molecule has 2 heterocycles. The molecule has 0 aromatic heterocycles. The van der Waals surface area contributed by atoms with Gasteiger partial charge in [0.05, 0.1) is 11.3 Å². The number of para-hydroxylation sites is 1. The zero-order valence-corrected chi connectivity index (χ0v) is 12.1. The SMILES string of the molecule is O=C1C(=O)N(CCN2CCCC2)c2c(Br)cccc21. The number of likely N-dealkylation sites (tertiary alicyclic amines) is 1. The van der Waals surface area contributed by atoms with Gasteiger partial charge in [-0.05, 0) is 54.0 Å². The quantitative estimate of drug-likeness (QED) is 0.800. The van der Waals surface area contributed by atoms with E-state index in [1.54, 1.807) is 17.0 Å². The van der Waals surface area contributed by atoms with E-state index in [2.05, 4.69) is 20.8 Å². The van der Waals surface area contributed by atoms with Crippen LogP contribution in [0.4, 0.5) is 5.69 Å². The fourth-order valence-corrected chi connectivity index (χ4v) is 3.35. The van der Waals surface area contributed by atoms with Crippen LogP contribution in [0.25, 0.3) is 0 Å². The number of halogens is 1. The standard InChI is InChI=1S/C14H15BrN2O2/c15-11-5-3-4-10-12(11)17(14(19)13(10)18)9-8-16-6-1-2-7-16/h3-5H,1-2,6-9H2.